The number of carbonyl (C=O) groups excluding carboxylic acids is 1. The molecule has 0 N–H and O–H groups in total. The molecular weight excluding hydrogens is 160 g/mol. The normalized spacial score (nSPS) is 41.0. The summed E-state index contributed by atoms with van der Waals surface area (Å²) in [5, 5.41) is 0. The molecule has 2 fully saturated rings. The molecule has 1 heteroatoms. The first-order valence-electron chi connectivity index (χ1n) is 5.59. The van der Waals surface area contributed by atoms with Crippen molar-refractivity contribution >= 4 is 5.78 Å². The average Bonchev–Trinajstić information content (AvgIpc) is 2.26. The summed E-state index contributed by atoms with van der Waals surface area (Å²) >= 11 is 0. The van der Waals surface area contributed by atoms with Crippen LogP contribution < -0.4 is 0 Å². The Hall–Kier alpha value is -0.330. The van der Waals surface area contributed by atoms with E-state index in [4.69, 9.17) is 0 Å². The molecule has 0 aromatic heterocycles. The van der Waals surface area contributed by atoms with E-state index in [-0.39, 0.29) is 5.41 Å². The van der Waals surface area contributed by atoms with Crippen molar-refractivity contribution in [2.45, 2.75) is 51.9 Å². The lowest BCUT2D eigenvalue weighted by atomic mass is 9.65. The Labute approximate surface area is 80.9 Å². The van der Waals surface area contributed by atoms with Crippen molar-refractivity contribution in [2.24, 2.45) is 11.3 Å². The fourth-order valence-corrected chi connectivity index (χ4v) is 3.01. The number of carbonyl (C=O) groups is 1. The van der Waals surface area contributed by atoms with E-state index in [0.717, 1.165) is 25.7 Å². The monoisotopic (exact) mass is 179 g/mol. The van der Waals surface area contributed by atoms with Gasteiger partial charge in [0.1, 0.15) is 5.78 Å². The van der Waals surface area contributed by atoms with E-state index in [2.05, 4.69) is 13.3 Å². The number of hydrogen-bond donors (Lipinski definition) is 0. The Morgan fingerprint density at radius 1 is 1.38 bits per heavy atom. The summed E-state index contributed by atoms with van der Waals surface area (Å²) < 4.78 is 0. The second-order valence-corrected chi connectivity index (χ2v) is 4.87. The van der Waals surface area contributed by atoms with Gasteiger partial charge in [0.05, 0.1) is 0 Å². The Bertz CT molecular complexity index is 209. The standard InChI is InChI=1S/C12H19O/c1-12-8-4-2-6-10(12)11(13)7-3-5-9-12/h9-10H,2-8H2,1H3/t10?,12-/m1/s1. The van der Waals surface area contributed by atoms with Crippen LogP contribution in [-0.2, 0) is 4.79 Å². The molecule has 0 aromatic rings. The highest BCUT2D eigenvalue weighted by molar-refractivity contribution is 5.82. The quantitative estimate of drug-likeness (QED) is 0.558. The van der Waals surface area contributed by atoms with Gasteiger partial charge in [-0.15, -0.1) is 0 Å². The van der Waals surface area contributed by atoms with Crippen molar-refractivity contribution in [1.29, 1.82) is 0 Å². The Morgan fingerprint density at radius 3 is 3.08 bits per heavy atom. The van der Waals surface area contributed by atoms with E-state index in [1.54, 1.807) is 0 Å². The second-order valence-electron chi connectivity index (χ2n) is 4.87. The lowest BCUT2D eigenvalue weighted by Gasteiger charge is -2.39. The number of ketones is 1. The zero-order valence-corrected chi connectivity index (χ0v) is 8.51. The van der Waals surface area contributed by atoms with E-state index in [9.17, 15) is 4.79 Å². The smallest absolute Gasteiger partial charge is 0.136 e. The van der Waals surface area contributed by atoms with Crippen LogP contribution in [0, 0.1) is 17.8 Å². The molecule has 0 bridgehead atoms. The summed E-state index contributed by atoms with van der Waals surface area (Å²) in [5.74, 6) is 0.903. The zero-order valence-electron chi connectivity index (χ0n) is 8.51. The average molecular weight is 179 g/mol. The molecule has 0 spiro atoms. The molecule has 2 atom stereocenters. The molecule has 0 amide bonds. The van der Waals surface area contributed by atoms with Gasteiger partial charge in [-0.2, -0.15) is 0 Å². The van der Waals surface area contributed by atoms with Crippen LogP contribution >= 0.6 is 0 Å². The number of hydrogen-bond acceptors (Lipinski definition) is 1. The maximum absolute atomic E-state index is 11.8. The summed E-state index contributed by atoms with van der Waals surface area (Å²) in [7, 11) is 0. The van der Waals surface area contributed by atoms with Crippen LogP contribution in [0.25, 0.3) is 0 Å². The van der Waals surface area contributed by atoms with E-state index >= 15 is 0 Å². The Morgan fingerprint density at radius 2 is 2.23 bits per heavy atom. The van der Waals surface area contributed by atoms with E-state index in [1.807, 2.05) is 0 Å². The van der Waals surface area contributed by atoms with Crippen LogP contribution in [0.3, 0.4) is 0 Å². The second kappa shape index (κ2) is 3.43. The van der Waals surface area contributed by atoms with Crippen molar-refractivity contribution < 1.29 is 4.79 Å². The first-order chi connectivity index (χ1) is 6.22. The minimum absolute atomic E-state index is 0.256. The third-order valence-electron chi connectivity index (χ3n) is 3.88. The van der Waals surface area contributed by atoms with Gasteiger partial charge in [-0.05, 0) is 37.5 Å². The first kappa shape index (κ1) is 9.23. The third kappa shape index (κ3) is 1.66. The van der Waals surface area contributed by atoms with Gasteiger partial charge in [-0.3, -0.25) is 4.79 Å². The predicted molar refractivity (Wildman–Crippen MR) is 53.2 cm³/mol. The van der Waals surface area contributed by atoms with Crippen LogP contribution in [-0.4, -0.2) is 5.78 Å². The van der Waals surface area contributed by atoms with Crippen molar-refractivity contribution in [3.05, 3.63) is 6.42 Å². The minimum atomic E-state index is 0.256. The summed E-state index contributed by atoms with van der Waals surface area (Å²) in [6.45, 7) is 2.29. The molecule has 0 heterocycles. The fourth-order valence-electron chi connectivity index (χ4n) is 3.01. The Balaban J connectivity index is 2.19. The van der Waals surface area contributed by atoms with E-state index < -0.39 is 0 Å². The SMILES string of the molecule is C[C@@]12[CH]CCCC(=O)C1CCCC2. The zero-order chi connectivity index (χ0) is 9.31. The van der Waals surface area contributed by atoms with Gasteiger partial charge in [0.15, 0.2) is 0 Å². The Kier molecular flexibility index (Phi) is 2.44. The molecule has 0 saturated heterocycles. The highest BCUT2D eigenvalue weighted by Gasteiger charge is 2.41. The first-order valence-corrected chi connectivity index (χ1v) is 5.59. The van der Waals surface area contributed by atoms with Crippen molar-refractivity contribution in [3.63, 3.8) is 0 Å². The minimum Gasteiger partial charge on any atom is -0.299 e. The molecule has 2 aliphatic carbocycles. The largest absolute Gasteiger partial charge is 0.299 e. The van der Waals surface area contributed by atoms with Crippen LogP contribution in [0.15, 0.2) is 0 Å². The van der Waals surface area contributed by atoms with Gasteiger partial charge in [0.25, 0.3) is 0 Å². The lowest BCUT2D eigenvalue weighted by Crippen LogP contribution is -2.35. The van der Waals surface area contributed by atoms with Crippen molar-refractivity contribution in [3.8, 4) is 0 Å². The number of rotatable bonds is 0. The fraction of sp³-hybridized carbons (Fsp3) is 0.833. The highest BCUT2D eigenvalue weighted by atomic mass is 16.1. The van der Waals surface area contributed by atoms with Gasteiger partial charge in [0.2, 0.25) is 0 Å². The topological polar surface area (TPSA) is 17.1 Å². The lowest BCUT2D eigenvalue weighted by molar-refractivity contribution is -0.126. The summed E-state index contributed by atoms with van der Waals surface area (Å²) in [5.41, 5.74) is 0.256. The van der Waals surface area contributed by atoms with Crippen molar-refractivity contribution in [1.82, 2.24) is 0 Å². The molecule has 2 rings (SSSR count). The van der Waals surface area contributed by atoms with Gasteiger partial charge in [0, 0.05) is 12.3 Å². The molecule has 0 aliphatic heterocycles. The molecule has 0 aromatic carbocycles. The van der Waals surface area contributed by atoms with E-state index in [1.165, 1.54) is 19.3 Å². The van der Waals surface area contributed by atoms with Gasteiger partial charge in [-0.25, -0.2) is 0 Å². The van der Waals surface area contributed by atoms with Crippen LogP contribution in [0.1, 0.15) is 51.9 Å². The maximum atomic E-state index is 11.8. The third-order valence-corrected chi connectivity index (χ3v) is 3.88. The van der Waals surface area contributed by atoms with Gasteiger partial charge < -0.3 is 0 Å². The molecule has 2 saturated carbocycles. The molecular formula is C12H19O. The summed E-state index contributed by atoms with van der Waals surface area (Å²) in [4.78, 5) is 11.8. The molecule has 13 heavy (non-hydrogen) atoms. The predicted octanol–water partition coefficient (Wildman–Crippen LogP) is 3.14. The highest BCUT2D eigenvalue weighted by Crippen LogP contribution is 2.46. The molecule has 1 unspecified atom stereocenters. The number of Topliss-reactive ketones (excluding diaryl/α,β-unsaturated/α-hetero) is 1. The van der Waals surface area contributed by atoms with Gasteiger partial charge >= 0.3 is 0 Å². The van der Waals surface area contributed by atoms with E-state index in [0.29, 0.717) is 11.7 Å². The molecule has 1 nitrogen and oxygen atoms in total. The number of fused-ring (bicyclic) bond motifs is 1. The van der Waals surface area contributed by atoms with Crippen molar-refractivity contribution in [2.75, 3.05) is 0 Å². The van der Waals surface area contributed by atoms with Crippen LogP contribution in [0.2, 0.25) is 0 Å². The molecule has 2 aliphatic rings. The summed E-state index contributed by atoms with van der Waals surface area (Å²) in [6, 6.07) is 0. The van der Waals surface area contributed by atoms with Crippen LogP contribution in [0.4, 0.5) is 0 Å². The van der Waals surface area contributed by atoms with Gasteiger partial charge in [-0.1, -0.05) is 19.8 Å². The summed E-state index contributed by atoms with van der Waals surface area (Å²) in [6.07, 6.45) is 10.5. The van der Waals surface area contributed by atoms with Crippen LogP contribution in [0.5, 0.6) is 0 Å². The maximum Gasteiger partial charge on any atom is 0.136 e. The molecule has 1 radical (unpaired) electrons. The molecule has 73 valence electrons.